The minimum atomic E-state index is -1.51. The van der Waals surface area contributed by atoms with Crippen LogP contribution in [0.4, 0.5) is 0 Å². The molecule has 0 heterocycles. The zero-order valence-electron chi connectivity index (χ0n) is 30.8. The SMILES string of the molecule is CC(C)[Si](Cl)(C(C)C)C(C)C.Cc1cc2cc(O)ccc2c(-c2ccc(Cl)cc2)c1Br.Cc1ccc2c(-c3ccc(Cl)cc3)c(Br)c(C)cc2c1. The van der Waals surface area contributed by atoms with Crippen molar-refractivity contribution in [3.05, 3.63) is 133 Å². The van der Waals surface area contributed by atoms with E-state index in [1.54, 1.807) is 12.1 Å². The summed E-state index contributed by atoms with van der Waals surface area (Å²) in [5.41, 5.74) is 10.3. The molecule has 0 amide bonds. The summed E-state index contributed by atoms with van der Waals surface area (Å²) in [6.07, 6.45) is 0. The Morgan fingerprint density at radius 3 is 1.27 bits per heavy atom. The lowest BCUT2D eigenvalue weighted by atomic mass is 9.95. The molecule has 0 atom stereocenters. The summed E-state index contributed by atoms with van der Waals surface area (Å²) in [7, 11) is -1.51. The van der Waals surface area contributed by atoms with Gasteiger partial charge in [-0.05, 0) is 149 Å². The van der Waals surface area contributed by atoms with Gasteiger partial charge in [-0.15, -0.1) is 0 Å². The first kappa shape index (κ1) is 41.4. The Morgan fingerprint density at radius 2 is 0.902 bits per heavy atom. The fourth-order valence-corrected chi connectivity index (χ4v) is 12.3. The van der Waals surface area contributed by atoms with Crippen LogP contribution in [0.2, 0.25) is 26.7 Å². The Kier molecular flexibility index (Phi) is 14.4. The van der Waals surface area contributed by atoms with Crippen molar-refractivity contribution >= 4 is 95.1 Å². The normalized spacial score (nSPS) is 11.5. The summed E-state index contributed by atoms with van der Waals surface area (Å²) in [4.78, 5) is 0. The number of fused-ring (bicyclic) bond motifs is 2. The van der Waals surface area contributed by atoms with Crippen LogP contribution in [-0.2, 0) is 0 Å². The van der Waals surface area contributed by atoms with Gasteiger partial charge in [0, 0.05) is 30.1 Å². The zero-order chi connectivity index (χ0) is 37.8. The van der Waals surface area contributed by atoms with E-state index in [1.165, 1.54) is 33.0 Å². The molecule has 0 fully saturated rings. The average Bonchev–Trinajstić information content (AvgIpc) is 3.07. The molecule has 1 N–H and O–H groups in total. The van der Waals surface area contributed by atoms with Gasteiger partial charge in [0.05, 0.1) is 0 Å². The monoisotopic (exact) mass is 882 g/mol. The Labute approximate surface area is 337 Å². The highest BCUT2D eigenvalue weighted by atomic mass is 79.9. The highest BCUT2D eigenvalue weighted by Gasteiger charge is 2.41. The molecule has 51 heavy (non-hydrogen) atoms. The topological polar surface area (TPSA) is 20.2 Å². The fourth-order valence-electron chi connectivity index (χ4n) is 6.95. The molecule has 0 radical (unpaired) electrons. The summed E-state index contributed by atoms with van der Waals surface area (Å²) in [5.74, 6) is 0.279. The molecule has 6 aromatic rings. The maximum absolute atomic E-state index is 9.66. The molecule has 0 aliphatic rings. The largest absolute Gasteiger partial charge is 0.508 e. The van der Waals surface area contributed by atoms with E-state index in [0.717, 1.165) is 46.5 Å². The Balaban J connectivity index is 0.000000180. The number of benzene rings is 6. The van der Waals surface area contributed by atoms with Crippen molar-refractivity contribution in [1.29, 1.82) is 0 Å². The summed E-state index contributed by atoms with van der Waals surface area (Å²) >= 11 is 26.1. The standard InChI is InChI=1S/C18H14BrCl.C17H12BrClO.C9H21ClSi/c1-11-3-8-16-14(9-11)10-12(2)18(19)17(16)13-4-6-15(20)7-5-13;1-10-8-12-9-14(20)6-7-15(12)16(17(10)18)11-2-4-13(19)5-3-11;1-7(2)11(10,8(3)4)9(5)6/h3-10H,1-2H3;2-9,20H,1H3;7-9H,1-6H3. The van der Waals surface area contributed by atoms with Crippen LogP contribution in [0.25, 0.3) is 43.8 Å². The lowest BCUT2D eigenvalue weighted by Gasteiger charge is -2.36. The molecular weight excluding hydrogens is 839 g/mol. The van der Waals surface area contributed by atoms with E-state index in [0.29, 0.717) is 16.6 Å². The van der Waals surface area contributed by atoms with Gasteiger partial charge in [0.1, 0.15) is 5.75 Å². The van der Waals surface area contributed by atoms with E-state index in [9.17, 15) is 5.11 Å². The van der Waals surface area contributed by atoms with Crippen molar-refractivity contribution in [2.75, 3.05) is 0 Å². The lowest BCUT2D eigenvalue weighted by molar-refractivity contribution is 0.476. The average molecular weight is 886 g/mol. The minimum absolute atomic E-state index is 0.279. The van der Waals surface area contributed by atoms with E-state index in [-0.39, 0.29) is 5.75 Å². The van der Waals surface area contributed by atoms with E-state index >= 15 is 0 Å². The molecule has 7 heteroatoms. The van der Waals surface area contributed by atoms with Crippen LogP contribution in [0.1, 0.15) is 58.2 Å². The number of phenolic OH excluding ortho intramolecular Hbond substituents is 1. The van der Waals surface area contributed by atoms with Gasteiger partial charge in [-0.3, -0.25) is 0 Å². The number of hydrogen-bond donors (Lipinski definition) is 1. The van der Waals surface area contributed by atoms with Crippen LogP contribution < -0.4 is 0 Å². The van der Waals surface area contributed by atoms with Crippen LogP contribution in [0.15, 0.2) is 106 Å². The maximum atomic E-state index is 9.66. The number of aromatic hydroxyl groups is 1. The highest BCUT2D eigenvalue weighted by molar-refractivity contribution is 9.11. The molecule has 0 aromatic heterocycles. The second-order valence-electron chi connectivity index (χ2n) is 14.2. The van der Waals surface area contributed by atoms with E-state index in [1.807, 2.05) is 49.4 Å². The van der Waals surface area contributed by atoms with Crippen LogP contribution in [0.5, 0.6) is 5.75 Å². The van der Waals surface area contributed by atoms with Crippen molar-refractivity contribution in [2.24, 2.45) is 0 Å². The van der Waals surface area contributed by atoms with Gasteiger partial charge in [-0.1, -0.05) is 131 Å². The molecular formula is C44H47Br2Cl3OSi. The summed E-state index contributed by atoms with van der Waals surface area (Å²) in [6.45, 7) is 19.9. The first-order valence-electron chi connectivity index (χ1n) is 17.3. The van der Waals surface area contributed by atoms with Gasteiger partial charge < -0.3 is 5.11 Å². The van der Waals surface area contributed by atoms with Crippen LogP contribution in [-0.4, -0.2) is 12.5 Å². The van der Waals surface area contributed by atoms with Crippen molar-refractivity contribution in [1.82, 2.24) is 0 Å². The summed E-state index contributed by atoms with van der Waals surface area (Å²) < 4.78 is 2.22. The highest BCUT2D eigenvalue weighted by Crippen LogP contribution is 2.44. The van der Waals surface area contributed by atoms with E-state index in [4.69, 9.17) is 34.3 Å². The molecule has 0 spiro atoms. The van der Waals surface area contributed by atoms with Gasteiger partial charge in [-0.2, -0.15) is 11.1 Å². The lowest BCUT2D eigenvalue weighted by Crippen LogP contribution is -2.37. The quantitative estimate of drug-likeness (QED) is 0.135. The number of rotatable bonds is 5. The van der Waals surface area contributed by atoms with Crippen molar-refractivity contribution in [3.63, 3.8) is 0 Å². The van der Waals surface area contributed by atoms with Crippen LogP contribution in [0, 0.1) is 20.8 Å². The van der Waals surface area contributed by atoms with Crippen LogP contribution >= 0.6 is 66.1 Å². The molecule has 268 valence electrons. The molecule has 1 nitrogen and oxygen atoms in total. The smallest absolute Gasteiger partial charge is 0.164 e. The molecule has 0 saturated carbocycles. The van der Waals surface area contributed by atoms with E-state index in [2.05, 4.69) is 130 Å². The molecule has 0 aliphatic heterocycles. The first-order valence-corrected chi connectivity index (χ1v) is 22.9. The van der Waals surface area contributed by atoms with Crippen molar-refractivity contribution in [2.45, 2.75) is 78.9 Å². The number of hydrogen-bond acceptors (Lipinski definition) is 1. The predicted molar refractivity (Wildman–Crippen MR) is 237 cm³/mol. The molecule has 0 aliphatic carbocycles. The Morgan fingerprint density at radius 1 is 0.529 bits per heavy atom. The Bertz CT molecular complexity index is 1960. The van der Waals surface area contributed by atoms with Crippen molar-refractivity contribution in [3.8, 4) is 28.0 Å². The number of halogens is 5. The maximum Gasteiger partial charge on any atom is 0.164 e. The number of phenols is 1. The van der Waals surface area contributed by atoms with Crippen molar-refractivity contribution < 1.29 is 5.11 Å². The van der Waals surface area contributed by atoms with Gasteiger partial charge in [-0.25, -0.2) is 0 Å². The summed E-state index contributed by atoms with van der Waals surface area (Å²) in [5, 5.41) is 15.8. The second kappa shape index (κ2) is 17.7. The third-order valence-electron chi connectivity index (χ3n) is 9.58. The minimum Gasteiger partial charge on any atom is -0.508 e. The third kappa shape index (κ3) is 9.63. The molecule has 6 aromatic carbocycles. The second-order valence-corrected chi connectivity index (χ2v) is 23.7. The number of aryl methyl sites for hydroxylation is 3. The van der Waals surface area contributed by atoms with Crippen LogP contribution in [0.3, 0.4) is 0 Å². The van der Waals surface area contributed by atoms with Gasteiger partial charge in [0.2, 0.25) is 0 Å². The molecule has 6 rings (SSSR count). The molecule has 0 unspecified atom stereocenters. The molecule has 0 saturated heterocycles. The first-order chi connectivity index (χ1) is 23.9. The summed E-state index contributed by atoms with van der Waals surface area (Å²) in [6, 6.07) is 32.1. The Hall–Kier alpha value is -2.31. The molecule has 0 bridgehead atoms. The fraction of sp³-hybridized carbons (Fsp3) is 0.273. The van der Waals surface area contributed by atoms with Gasteiger partial charge >= 0.3 is 0 Å². The van der Waals surface area contributed by atoms with Gasteiger partial charge in [0.25, 0.3) is 0 Å². The predicted octanol–water partition coefficient (Wildman–Crippen LogP) is 16.9. The van der Waals surface area contributed by atoms with Gasteiger partial charge in [0.15, 0.2) is 7.38 Å². The zero-order valence-corrected chi connectivity index (χ0v) is 37.2. The van der Waals surface area contributed by atoms with E-state index < -0.39 is 7.38 Å². The third-order valence-corrected chi connectivity index (χ3v) is 21.4.